The predicted molar refractivity (Wildman–Crippen MR) is 107 cm³/mol. The molecule has 0 aliphatic heterocycles. The zero-order valence-corrected chi connectivity index (χ0v) is 16.3. The van der Waals surface area contributed by atoms with Crippen LogP contribution in [0.25, 0.3) is 11.1 Å². The summed E-state index contributed by atoms with van der Waals surface area (Å²) in [6.45, 7) is 4.24. The maximum Gasteiger partial charge on any atom is 0.407 e. The van der Waals surface area contributed by atoms with E-state index >= 15 is 0 Å². The third-order valence-electron chi connectivity index (χ3n) is 5.36. The minimum absolute atomic E-state index is 0.0138. The van der Waals surface area contributed by atoms with Crippen LogP contribution in [0.5, 0.6) is 0 Å². The van der Waals surface area contributed by atoms with Gasteiger partial charge in [0.25, 0.3) is 0 Å². The Kier molecular flexibility index (Phi) is 6.17. The number of ether oxygens (including phenoxy) is 1. The molecule has 4 nitrogen and oxygen atoms in total. The van der Waals surface area contributed by atoms with Crippen LogP contribution in [0.4, 0.5) is 4.79 Å². The minimum atomic E-state index is -0.514. The molecule has 27 heavy (non-hydrogen) atoms. The van der Waals surface area contributed by atoms with Crippen LogP contribution in [0.15, 0.2) is 48.5 Å². The molecule has 0 saturated carbocycles. The van der Waals surface area contributed by atoms with Gasteiger partial charge in [-0.1, -0.05) is 68.8 Å². The van der Waals surface area contributed by atoms with Crippen molar-refractivity contribution in [3.63, 3.8) is 0 Å². The van der Waals surface area contributed by atoms with E-state index < -0.39 is 11.3 Å². The fraction of sp³-hybridized carbons (Fsp3) is 0.364. The topological polar surface area (TPSA) is 55.4 Å². The van der Waals surface area contributed by atoms with Gasteiger partial charge >= 0.3 is 6.09 Å². The van der Waals surface area contributed by atoms with E-state index in [2.05, 4.69) is 29.6 Å². The van der Waals surface area contributed by atoms with Gasteiger partial charge in [0, 0.05) is 18.4 Å². The number of carbonyl (C=O) groups excluding carboxylic acids is 2. The summed E-state index contributed by atoms with van der Waals surface area (Å²) in [6.07, 6.45) is 0.416. The Bertz CT molecular complexity index is 790. The lowest BCUT2D eigenvalue weighted by Gasteiger charge is -2.23. The fourth-order valence-corrected chi connectivity index (χ4v) is 3.81. The first-order chi connectivity index (χ1) is 13.0. The van der Waals surface area contributed by atoms with Crippen molar-refractivity contribution in [1.29, 1.82) is 0 Å². The largest absolute Gasteiger partial charge is 0.449 e. The molecule has 2 aromatic carbocycles. The number of alkyl carbamates (subject to hydrolysis) is 1. The molecule has 2 atom stereocenters. The van der Waals surface area contributed by atoms with Gasteiger partial charge in [-0.05, 0) is 39.8 Å². The van der Waals surface area contributed by atoms with Crippen LogP contribution >= 0.6 is 11.6 Å². The second-order valence-electron chi connectivity index (χ2n) is 7.02. The van der Waals surface area contributed by atoms with Crippen LogP contribution in [0.1, 0.15) is 43.7 Å². The summed E-state index contributed by atoms with van der Waals surface area (Å²) in [5.41, 5.74) is 4.71. The van der Waals surface area contributed by atoms with E-state index in [1.165, 1.54) is 22.3 Å². The van der Waals surface area contributed by atoms with Gasteiger partial charge in [0.15, 0.2) is 0 Å². The Morgan fingerprint density at radius 2 is 1.63 bits per heavy atom. The summed E-state index contributed by atoms with van der Waals surface area (Å²) < 4.78 is 5.54. The molecule has 0 bridgehead atoms. The van der Waals surface area contributed by atoms with E-state index in [0.717, 1.165) is 6.42 Å². The van der Waals surface area contributed by atoms with Crippen molar-refractivity contribution >= 4 is 22.9 Å². The summed E-state index contributed by atoms with van der Waals surface area (Å²) in [5.74, 6) is 0.146. The lowest BCUT2D eigenvalue weighted by atomic mass is 9.97. The Morgan fingerprint density at radius 1 is 1.07 bits per heavy atom. The molecule has 2 aromatic rings. The molecule has 0 heterocycles. The van der Waals surface area contributed by atoms with Gasteiger partial charge in [-0.2, -0.15) is 0 Å². The van der Waals surface area contributed by atoms with Crippen molar-refractivity contribution < 1.29 is 14.3 Å². The first-order valence-corrected chi connectivity index (χ1v) is 9.68. The second kappa shape index (κ2) is 8.57. The van der Waals surface area contributed by atoms with Crippen LogP contribution in [0, 0.1) is 5.92 Å². The molecule has 0 saturated heterocycles. The van der Waals surface area contributed by atoms with Crippen LogP contribution in [-0.2, 0) is 9.53 Å². The monoisotopic (exact) mass is 385 g/mol. The molecule has 3 rings (SSSR count). The highest BCUT2D eigenvalue weighted by Crippen LogP contribution is 2.44. The van der Waals surface area contributed by atoms with E-state index in [4.69, 9.17) is 16.3 Å². The maximum absolute atomic E-state index is 12.3. The van der Waals surface area contributed by atoms with Crippen molar-refractivity contribution in [2.75, 3.05) is 6.61 Å². The van der Waals surface area contributed by atoms with Gasteiger partial charge in [0.2, 0.25) is 5.24 Å². The Morgan fingerprint density at radius 3 is 2.15 bits per heavy atom. The highest BCUT2D eigenvalue weighted by molar-refractivity contribution is 6.63. The standard InChI is InChI=1S/C22H24ClNO3/c1-3-14(2)20(12-21(23)25)24-22(26)27-13-19-17-10-6-4-8-15(17)16-9-5-7-11-18(16)19/h4-11,14,19-20H,3,12-13H2,1-2H3,(H,24,26)/t14-,20-/m0/s1. The van der Waals surface area contributed by atoms with E-state index in [1.54, 1.807) is 0 Å². The predicted octanol–water partition coefficient (Wildman–Crippen LogP) is 5.10. The number of hydrogen-bond acceptors (Lipinski definition) is 3. The molecule has 0 unspecified atom stereocenters. The van der Waals surface area contributed by atoms with Gasteiger partial charge in [0.05, 0.1) is 0 Å². The lowest BCUT2D eigenvalue weighted by molar-refractivity contribution is -0.112. The molecule has 0 aromatic heterocycles. The van der Waals surface area contributed by atoms with Gasteiger partial charge in [-0.15, -0.1) is 0 Å². The van der Waals surface area contributed by atoms with Gasteiger partial charge in [-0.3, -0.25) is 4.79 Å². The summed E-state index contributed by atoms with van der Waals surface area (Å²) in [6, 6.07) is 16.1. The van der Waals surface area contributed by atoms with Crippen molar-refractivity contribution in [2.45, 2.75) is 38.6 Å². The first kappa shape index (κ1) is 19.4. The van der Waals surface area contributed by atoms with Crippen molar-refractivity contribution in [2.24, 2.45) is 5.92 Å². The molecule has 5 heteroatoms. The number of amides is 1. The smallest absolute Gasteiger partial charge is 0.407 e. The summed E-state index contributed by atoms with van der Waals surface area (Å²) in [5, 5.41) is 2.35. The molecule has 1 aliphatic rings. The number of halogens is 1. The van der Waals surface area contributed by atoms with Crippen LogP contribution < -0.4 is 5.32 Å². The quantitative estimate of drug-likeness (QED) is 0.675. The number of fused-ring (bicyclic) bond motifs is 3. The maximum atomic E-state index is 12.3. The normalized spacial score (nSPS) is 14.8. The van der Waals surface area contributed by atoms with Gasteiger partial charge < -0.3 is 10.1 Å². The van der Waals surface area contributed by atoms with Crippen molar-refractivity contribution in [1.82, 2.24) is 5.32 Å². The van der Waals surface area contributed by atoms with E-state index in [1.807, 2.05) is 38.1 Å². The summed E-state index contributed by atoms with van der Waals surface area (Å²) in [7, 11) is 0. The number of hydrogen-bond donors (Lipinski definition) is 1. The highest BCUT2D eigenvalue weighted by atomic mass is 35.5. The number of benzene rings is 2. The molecular formula is C22H24ClNO3. The van der Waals surface area contributed by atoms with E-state index in [9.17, 15) is 9.59 Å². The van der Waals surface area contributed by atoms with E-state index in [0.29, 0.717) is 0 Å². The van der Waals surface area contributed by atoms with Crippen LogP contribution in [0.2, 0.25) is 0 Å². The molecule has 0 fully saturated rings. The van der Waals surface area contributed by atoms with Crippen molar-refractivity contribution in [3.05, 3.63) is 59.7 Å². The molecule has 1 amide bonds. The molecular weight excluding hydrogens is 362 g/mol. The average Bonchev–Trinajstić information content (AvgIpc) is 2.99. The Labute approximate surface area is 164 Å². The first-order valence-electron chi connectivity index (χ1n) is 9.31. The number of rotatable bonds is 7. The molecule has 1 aliphatic carbocycles. The third kappa shape index (κ3) is 4.33. The van der Waals surface area contributed by atoms with E-state index in [-0.39, 0.29) is 30.9 Å². The summed E-state index contributed by atoms with van der Waals surface area (Å²) in [4.78, 5) is 23.6. The molecule has 0 radical (unpaired) electrons. The molecule has 142 valence electrons. The van der Waals surface area contributed by atoms with Crippen LogP contribution in [0.3, 0.4) is 0 Å². The van der Waals surface area contributed by atoms with Crippen molar-refractivity contribution in [3.8, 4) is 11.1 Å². The molecule has 0 spiro atoms. The number of carbonyl (C=O) groups is 2. The Hall–Kier alpha value is -2.33. The highest BCUT2D eigenvalue weighted by Gasteiger charge is 2.29. The summed E-state index contributed by atoms with van der Waals surface area (Å²) >= 11 is 5.52. The number of nitrogens with one attached hydrogen (secondary N) is 1. The third-order valence-corrected chi connectivity index (χ3v) is 5.51. The average molecular weight is 386 g/mol. The zero-order chi connectivity index (χ0) is 19.4. The van der Waals surface area contributed by atoms with Crippen LogP contribution in [-0.4, -0.2) is 24.0 Å². The van der Waals surface area contributed by atoms with Gasteiger partial charge in [0.1, 0.15) is 6.61 Å². The van der Waals surface area contributed by atoms with Gasteiger partial charge in [-0.25, -0.2) is 4.79 Å². The fourth-order valence-electron chi connectivity index (χ4n) is 3.64. The SMILES string of the molecule is CC[C@H](C)[C@H](CC(=O)Cl)NC(=O)OCC1c2ccccc2-c2ccccc21. The Balaban J connectivity index is 1.69. The lowest BCUT2D eigenvalue weighted by Crippen LogP contribution is -2.41. The second-order valence-corrected chi connectivity index (χ2v) is 7.44. The minimum Gasteiger partial charge on any atom is -0.449 e. The molecule has 1 N–H and O–H groups in total. The zero-order valence-electron chi connectivity index (χ0n) is 15.6.